The van der Waals surface area contributed by atoms with Crippen molar-refractivity contribution in [3.05, 3.63) is 0 Å². The molecule has 0 spiro atoms. The Morgan fingerprint density at radius 3 is 2.83 bits per heavy atom. The molecule has 0 aliphatic carbocycles. The van der Waals surface area contributed by atoms with Gasteiger partial charge in [0.25, 0.3) is 0 Å². The van der Waals surface area contributed by atoms with Gasteiger partial charge in [0, 0.05) is 19.2 Å². The third-order valence-electron chi connectivity index (χ3n) is 3.15. The Balaban J connectivity index is 1.77. The molecule has 2 nitrogen and oxygen atoms in total. The van der Waals surface area contributed by atoms with Gasteiger partial charge < -0.3 is 4.74 Å². The van der Waals surface area contributed by atoms with Gasteiger partial charge in [-0.1, -0.05) is 0 Å². The fourth-order valence-electron chi connectivity index (χ4n) is 2.31. The van der Waals surface area contributed by atoms with E-state index in [-0.39, 0.29) is 0 Å². The SMILES string of the molecule is CC1CCCN1CC1CCCO1. The number of rotatable bonds is 2. The fraction of sp³-hybridized carbons (Fsp3) is 1.00. The summed E-state index contributed by atoms with van der Waals surface area (Å²) in [6.45, 7) is 5.80. The minimum absolute atomic E-state index is 0.547. The van der Waals surface area contributed by atoms with Crippen LogP contribution in [0.5, 0.6) is 0 Å². The highest BCUT2D eigenvalue weighted by atomic mass is 16.5. The van der Waals surface area contributed by atoms with Gasteiger partial charge in [0.1, 0.15) is 0 Å². The first-order chi connectivity index (χ1) is 5.86. The molecular weight excluding hydrogens is 150 g/mol. The molecule has 0 aromatic carbocycles. The van der Waals surface area contributed by atoms with E-state index >= 15 is 0 Å². The van der Waals surface area contributed by atoms with E-state index < -0.39 is 0 Å². The van der Waals surface area contributed by atoms with Crippen LogP contribution in [0.25, 0.3) is 0 Å². The van der Waals surface area contributed by atoms with Gasteiger partial charge in [-0.05, 0) is 39.2 Å². The van der Waals surface area contributed by atoms with E-state index in [2.05, 4.69) is 11.8 Å². The van der Waals surface area contributed by atoms with Crippen LogP contribution in [0.2, 0.25) is 0 Å². The average Bonchev–Trinajstić information content (AvgIpc) is 2.65. The fourth-order valence-corrected chi connectivity index (χ4v) is 2.31. The predicted molar refractivity (Wildman–Crippen MR) is 49.2 cm³/mol. The van der Waals surface area contributed by atoms with Crippen molar-refractivity contribution in [1.82, 2.24) is 4.90 Å². The van der Waals surface area contributed by atoms with Crippen LogP contribution in [0.4, 0.5) is 0 Å². The zero-order chi connectivity index (χ0) is 8.39. The Bertz CT molecular complexity index is 143. The Hall–Kier alpha value is -0.0800. The molecule has 0 bridgehead atoms. The summed E-state index contributed by atoms with van der Waals surface area (Å²) in [5.74, 6) is 0. The lowest BCUT2D eigenvalue weighted by atomic mass is 10.2. The van der Waals surface area contributed by atoms with Gasteiger partial charge >= 0.3 is 0 Å². The zero-order valence-electron chi connectivity index (χ0n) is 7.96. The number of nitrogens with zero attached hydrogens (tertiary/aromatic N) is 1. The molecular formula is C10H19NO. The monoisotopic (exact) mass is 169 g/mol. The Morgan fingerprint density at radius 2 is 2.25 bits per heavy atom. The van der Waals surface area contributed by atoms with Crippen LogP contribution >= 0.6 is 0 Å². The maximum Gasteiger partial charge on any atom is 0.0702 e. The second kappa shape index (κ2) is 3.75. The van der Waals surface area contributed by atoms with E-state index in [1.165, 1.54) is 38.8 Å². The minimum atomic E-state index is 0.547. The topological polar surface area (TPSA) is 12.5 Å². The van der Waals surface area contributed by atoms with Crippen molar-refractivity contribution >= 4 is 0 Å². The Morgan fingerprint density at radius 1 is 1.33 bits per heavy atom. The number of likely N-dealkylation sites (tertiary alicyclic amines) is 1. The molecule has 2 rings (SSSR count). The van der Waals surface area contributed by atoms with Crippen LogP contribution in [-0.2, 0) is 4.74 Å². The number of hydrogen-bond acceptors (Lipinski definition) is 2. The van der Waals surface area contributed by atoms with Crippen LogP contribution in [0.3, 0.4) is 0 Å². The van der Waals surface area contributed by atoms with Gasteiger partial charge in [0.2, 0.25) is 0 Å². The van der Waals surface area contributed by atoms with Crippen molar-refractivity contribution in [3.63, 3.8) is 0 Å². The van der Waals surface area contributed by atoms with E-state index in [9.17, 15) is 0 Å². The first-order valence-electron chi connectivity index (χ1n) is 5.22. The Labute approximate surface area is 74.9 Å². The summed E-state index contributed by atoms with van der Waals surface area (Å²) in [6.07, 6.45) is 5.86. The summed E-state index contributed by atoms with van der Waals surface area (Å²) in [5.41, 5.74) is 0. The van der Waals surface area contributed by atoms with E-state index in [0.29, 0.717) is 6.10 Å². The molecule has 2 aliphatic rings. The molecule has 0 N–H and O–H groups in total. The molecule has 2 fully saturated rings. The summed E-state index contributed by atoms with van der Waals surface area (Å²) >= 11 is 0. The van der Waals surface area contributed by atoms with E-state index in [4.69, 9.17) is 4.74 Å². The van der Waals surface area contributed by atoms with Crippen LogP contribution < -0.4 is 0 Å². The predicted octanol–water partition coefficient (Wildman–Crippen LogP) is 1.65. The average molecular weight is 169 g/mol. The van der Waals surface area contributed by atoms with Crippen molar-refractivity contribution in [2.45, 2.75) is 44.8 Å². The lowest BCUT2D eigenvalue weighted by Crippen LogP contribution is -2.34. The second-order valence-corrected chi connectivity index (χ2v) is 4.12. The summed E-state index contributed by atoms with van der Waals surface area (Å²) in [7, 11) is 0. The normalized spacial score (nSPS) is 37.8. The molecule has 12 heavy (non-hydrogen) atoms. The smallest absolute Gasteiger partial charge is 0.0702 e. The summed E-state index contributed by atoms with van der Waals surface area (Å²) in [4.78, 5) is 2.58. The molecule has 0 radical (unpaired) electrons. The summed E-state index contributed by atoms with van der Waals surface area (Å²) in [5, 5.41) is 0. The molecule has 0 aromatic rings. The van der Waals surface area contributed by atoms with Crippen molar-refractivity contribution in [3.8, 4) is 0 Å². The molecule has 2 unspecified atom stereocenters. The molecule has 0 saturated carbocycles. The van der Waals surface area contributed by atoms with Crippen LogP contribution in [0.15, 0.2) is 0 Å². The van der Waals surface area contributed by atoms with Gasteiger partial charge in [0.15, 0.2) is 0 Å². The maximum atomic E-state index is 5.62. The summed E-state index contributed by atoms with van der Waals surface area (Å²) < 4.78 is 5.62. The van der Waals surface area contributed by atoms with E-state index in [0.717, 1.165) is 12.6 Å². The van der Waals surface area contributed by atoms with E-state index in [1.807, 2.05) is 0 Å². The largest absolute Gasteiger partial charge is 0.377 e. The highest BCUT2D eigenvalue weighted by Gasteiger charge is 2.25. The van der Waals surface area contributed by atoms with Crippen LogP contribution in [0.1, 0.15) is 32.6 Å². The van der Waals surface area contributed by atoms with Crippen molar-refractivity contribution in [2.75, 3.05) is 19.7 Å². The van der Waals surface area contributed by atoms with Crippen LogP contribution in [0, 0.1) is 0 Å². The summed E-state index contributed by atoms with van der Waals surface area (Å²) in [6, 6.07) is 0.800. The third-order valence-corrected chi connectivity index (χ3v) is 3.15. The first kappa shape index (κ1) is 8.52. The molecule has 0 amide bonds. The molecule has 70 valence electrons. The highest BCUT2D eigenvalue weighted by molar-refractivity contribution is 4.79. The van der Waals surface area contributed by atoms with Gasteiger partial charge in [-0.25, -0.2) is 0 Å². The zero-order valence-corrected chi connectivity index (χ0v) is 7.96. The van der Waals surface area contributed by atoms with Gasteiger partial charge in [-0.15, -0.1) is 0 Å². The first-order valence-corrected chi connectivity index (χ1v) is 5.22. The lowest BCUT2D eigenvalue weighted by Gasteiger charge is -2.23. The molecule has 2 heteroatoms. The van der Waals surface area contributed by atoms with Crippen LogP contribution in [-0.4, -0.2) is 36.7 Å². The number of hydrogen-bond donors (Lipinski definition) is 0. The minimum Gasteiger partial charge on any atom is -0.377 e. The quantitative estimate of drug-likeness (QED) is 0.623. The Kier molecular flexibility index (Phi) is 2.66. The third kappa shape index (κ3) is 1.80. The molecule has 2 saturated heterocycles. The van der Waals surface area contributed by atoms with Gasteiger partial charge in [-0.2, -0.15) is 0 Å². The molecule has 2 aliphatic heterocycles. The van der Waals surface area contributed by atoms with Gasteiger partial charge in [-0.3, -0.25) is 4.90 Å². The van der Waals surface area contributed by atoms with Crippen molar-refractivity contribution < 1.29 is 4.74 Å². The standard InChI is InChI=1S/C10H19NO/c1-9-4-2-6-11(9)8-10-5-3-7-12-10/h9-10H,2-8H2,1H3. The molecule has 2 atom stereocenters. The van der Waals surface area contributed by atoms with Crippen molar-refractivity contribution in [2.24, 2.45) is 0 Å². The maximum absolute atomic E-state index is 5.62. The molecule has 2 heterocycles. The second-order valence-electron chi connectivity index (χ2n) is 4.12. The lowest BCUT2D eigenvalue weighted by molar-refractivity contribution is 0.0712. The van der Waals surface area contributed by atoms with Gasteiger partial charge in [0.05, 0.1) is 6.10 Å². The van der Waals surface area contributed by atoms with E-state index in [1.54, 1.807) is 0 Å². The highest BCUT2D eigenvalue weighted by Crippen LogP contribution is 2.20. The number of ether oxygens (including phenoxy) is 1. The molecule has 0 aromatic heterocycles. The van der Waals surface area contributed by atoms with Crippen molar-refractivity contribution in [1.29, 1.82) is 0 Å².